The Morgan fingerprint density at radius 3 is 2.33 bits per heavy atom. The number of hydrogen-bond donors (Lipinski definition) is 2. The van der Waals surface area contributed by atoms with Crippen molar-refractivity contribution in [3.8, 4) is 0 Å². The first kappa shape index (κ1) is 8.48. The second-order valence-corrected chi connectivity index (χ2v) is 4.23. The number of nitrogens with zero attached hydrogens (tertiary/aromatic N) is 1. The van der Waals surface area contributed by atoms with Crippen LogP contribution in [0.25, 0.3) is 0 Å². The first-order chi connectivity index (χ1) is 5.85. The fraction of sp³-hybridized carbons (Fsp3) is 1.00. The van der Waals surface area contributed by atoms with E-state index in [4.69, 9.17) is 5.73 Å². The number of likely N-dealkylation sites (tertiary alicyclic amines) is 1. The maximum atomic E-state index is 5.52. The maximum Gasteiger partial charge on any atom is 0.0105 e. The van der Waals surface area contributed by atoms with Crippen LogP contribution < -0.4 is 11.1 Å². The summed E-state index contributed by atoms with van der Waals surface area (Å²) in [4.78, 5) is 2.49. The van der Waals surface area contributed by atoms with Gasteiger partial charge in [-0.05, 0) is 31.3 Å². The third-order valence-corrected chi connectivity index (χ3v) is 3.36. The minimum absolute atomic E-state index is 0.686. The van der Waals surface area contributed by atoms with Crippen LogP contribution in [0.1, 0.15) is 12.8 Å². The summed E-state index contributed by atoms with van der Waals surface area (Å²) >= 11 is 0. The summed E-state index contributed by atoms with van der Waals surface area (Å²) in [5.74, 6) is 0. The molecule has 3 nitrogen and oxygen atoms in total. The Morgan fingerprint density at radius 2 is 1.92 bits per heavy atom. The highest BCUT2D eigenvalue weighted by Crippen LogP contribution is 2.34. The number of piperidine rings is 1. The molecule has 0 aromatic carbocycles. The summed E-state index contributed by atoms with van der Waals surface area (Å²) in [6, 6.07) is 0. The monoisotopic (exact) mass is 169 g/mol. The molecule has 2 heterocycles. The van der Waals surface area contributed by atoms with E-state index in [-0.39, 0.29) is 0 Å². The van der Waals surface area contributed by atoms with Crippen LogP contribution in [0.2, 0.25) is 0 Å². The van der Waals surface area contributed by atoms with Crippen molar-refractivity contribution in [2.75, 3.05) is 39.3 Å². The van der Waals surface area contributed by atoms with Crippen molar-refractivity contribution < 1.29 is 0 Å². The molecular weight excluding hydrogens is 150 g/mol. The normalized spacial score (nSPS) is 28.8. The van der Waals surface area contributed by atoms with E-state index in [1.807, 2.05) is 0 Å². The van der Waals surface area contributed by atoms with Crippen molar-refractivity contribution in [1.82, 2.24) is 10.2 Å². The van der Waals surface area contributed by atoms with Crippen LogP contribution in [0.3, 0.4) is 0 Å². The molecule has 0 aromatic heterocycles. The Labute approximate surface area is 74.3 Å². The molecule has 0 aromatic rings. The molecule has 70 valence electrons. The van der Waals surface area contributed by atoms with E-state index in [9.17, 15) is 0 Å². The first-order valence-corrected chi connectivity index (χ1v) is 4.98. The summed E-state index contributed by atoms with van der Waals surface area (Å²) in [6.07, 6.45) is 2.75. The predicted molar refractivity (Wildman–Crippen MR) is 50.0 cm³/mol. The van der Waals surface area contributed by atoms with Gasteiger partial charge in [0, 0.05) is 26.2 Å². The van der Waals surface area contributed by atoms with Crippen molar-refractivity contribution in [1.29, 1.82) is 0 Å². The van der Waals surface area contributed by atoms with E-state index < -0.39 is 0 Å². The molecular formula is C9H19N3. The first-order valence-electron chi connectivity index (χ1n) is 4.98. The fourth-order valence-corrected chi connectivity index (χ4v) is 2.27. The van der Waals surface area contributed by atoms with Gasteiger partial charge in [0.15, 0.2) is 0 Å². The highest BCUT2D eigenvalue weighted by Gasteiger charge is 2.39. The molecule has 1 spiro atoms. The van der Waals surface area contributed by atoms with Gasteiger partial charge in [0.25, 0.3) is 0 Å². The molecule has 2 fully saturated rings. The average Bonchev–Trinajstić information content (AvgIpc) is 2.04. The summed E-state index contributed by atoms with van der Waals surface area (Å²) in [7, 11) is 0. The lowest BCUT2D eigenvalue weighted by atomic mass is 9.73. The quantitative estimate of drug-likeness (QED) is 0.592. The lowest BCUT2D eigenvalue weighted by molar-refractivity contribution is 0.0569. The third-order valence-electron chi connectivity index (χ3n) is 3.36. The van der Waals surface area contributed by atoms with E-state index in [2.05, 4.69) is 10.2 Å². The standard InChI is InChI=1S/C9H19N3/c10-3-6-12-4-1-9(2-5-12)7-11-8-9/h11H,1-8,10H2. The van der Waals surface area contributed by atoms with Gasteiger partial charge in [0.05, 0.1) is 0 Å². The molecule has 2 aliphatic rings. The molecule has 0 unspecified atom stereocenters. The number of hydrogen-bond acceptors (Lipinski definition) is 3. The van der Waals surface area contributed by atoms with Crippen molar-refractivity contribution in [2.24, 2.45) is 11.1 Å². The summed E-state index contributed by atoms with van der Waals surface area (Å²) < 4.78 is 0. The lowest BCUT2D eigenvalue weighted by Gasteiger charge is -2.48. The Balaban J connectivity index is 1.77. The number of nitrogens with one attached hydrogen (secondary N) is 1. The van der Waals surface area contributed by atoms with Gasteiger partial charge in [-0.3, -0.25) is 0 Å². The largest absolute Gasteiger partial charge is 0.329 e. The molecule has 2 saturated heterocycles. The molecule has 0 saturated carbocycles. The zero-order valence-electron chi connectivity index (χ0n) is 7.68. The minimum Gasteiger partial charge on any atom is -0.329 e. The van der Waals surface area contributed by atoms with Crippen LogP contribution >= 0.6 is 0 Å². The molecule has 0 atom stereocenters. The molecule has 3 N–H and O–H groups in total. The molecule has 12 heavy (non-hydrogen) atoms. The predicted octanol–water partition coefficient (Wildman–Crippen LogP) is -0.369. The van der Waals surface area contributed by atoms with E-state index in [0.29, 0.717) is 5.41 Å². The average molecular weight is 169 g/mol. The van der Waals surface area contributed by atoms with E-state index in [1.165, 1.54) is 39.0 Å². The number of rotatable bonds is 2. The van der Waals surface area contributed by atoms with Crippen molar-refractivity contribution >= 4 is 0 Å². The van der Waals surface area contributed by atoms with Crippen LogP contribution in [0.4, 0.5) is 0 Å². The molecule has 3 heteroatoms. The summed E-state index contributed by atoms with van der Waals surface area (Å²) in [5.41, 5.74) is 6.21. The van der Waals surface area contributed by atoms with Gasteiger partial charge in [-0.2, -0.15) is 0 Å². The Bertz CT molecular complexity index is 144. The van der Waals surface area contributed by atoms with Crippen LogP contribution in [0.5, 0.6) is 0 Å². The minimum atomic E-state index is 0.686. The van der Waals surface area contributed by atoms with Crippen molar-refractivity contribution in [2.45, 2.75) is 12.8 Å². The molecule has 0 amide bonds. The Hall–Kier alpha value is -0.120. The topological polar surface area (TPSA) is 41.3 Å². The van der Waals surface area contributed by atoms with Gasteiger partial charge in [0.1, 0.15) is 0 Å². The van der Waals surface area contributed by atoms with Crippen molar-refractivity contribution in [3.63, 3.8) is 0 Å². The molecule has 0 radical (unpaired) electrons. The Kier molecular flexibility index (Phi) is 2.35. The van der Waals surface area contributed by atoms with Crippen molar-refractivity contribution in [3.05, 3.63) is 0 Å². The van der Waals surface area contributed by atoms with Crippen LogP contribution in [-0.4, -0.2) is 44.2 Å². The smallest absolute Gasteiger partial charge is 0.0105 e. The summed E-state index contributed by atoms with van der Waals surface area (Å²) in [6.45, 7) is 6.93. The molecule has 0 bridgehead atoms. The van der Waals surface area contributed by atoms with Crippen LogP contribution in [0, 0.1) is 5.41 Å². The van der Waals surface area contributed by atoms with E-state index >= 15 is 0 Å². The summed E-state index contributed by atoms with van der Waals surface area (Å²) in [5, 5.41) is 3.38. The lowest BCUT2D eigenvalue weighted by Crippen LogP contribution is -2.58. The van der Waals surface area contributed by atoms with Gasteiger partial charge >= 0.3 is 0 Å². The molecule has 0 aliphatic carbocycles. The highest BCUT2D eigenvalue weighted by atomic mass is 15.1. The van der Waals surface area contributed by atoms with Gasteiger partial charge in [0.2, 0.25) is 0 Å². The van der Waals surface area contributed by atoms with E-state index in [1.54, 1.807) is 0 Å². The molecule has 2 aliphatic heterocycles. The second kappa shape index (κ2) is 3.32. The van der Waals surface area contributed by atoms with Gasteiger partial charge in [-0.15, -0.1) is 0 Å². The third kappa shape index (κ3) is 1.49. The number of nitrogens with two attached hydrogens (primary N) is 1. The van der Waals surface area contributed by atoms with E-state index in [0.717, 1.165) is 13.1 Å². The van der Waals surface area contributed by atoms with Gasteiger partial charge in [-0.25, -0.2) is 0 Å². The SMILES string of the molecule is NCCN1CCC2(CC1)CNC2. The zero-order chi connectivity index (χ0) is 8.44. The van der Waals surface area contributed by atoms with Crippen LogP contribution in [-0.2, 0) is 0 Å². The van der Waals surface area contributed by atoms with Gasteiger partial charge in [-0.1, -0.05) is 0 Å². The maximum absolute atomic E-state index is 5.52. The molecule has 2 rings (SSSR count). The highest BCUT2D eigenvalue weighted by molar-refractivity contribution is 4.95. The Morgan fingerprint density at radius 1 is 1.25 bits per heavy atom. The second-order valence-electron chi connectivity index (χ2n) is 4.23. The fourth-order valence-electron chi connectivity index (χ4n) is 2.27. The van der Waals surface area contributed by atoms with Crippen LogP contribution in [0.15, 0.2) is 0 Å². The van der Waals surface area contributed by atoms with Gasteiger partial charge < -0.3 is 16.0 Å². The zero-order valence-corrected chi connectivity index (χ0v) is 7.68.